The number of hydrogen-bond donors (Lipinski definition) is 0. The van der Waals surface area contributed by atoms with E-state index in [0.717, 1.165) is 13.1 Å². The predicted octanol–water partition coefficient (Wildman–Crippen LogP) is 6.14. The molecule has 0 bridgehead atoms. The van der Waals surface area contributed by atoms with Gasteiger partial charge in [-0.25, -0.2) is 0 Å². The number of unbranched alkanes of at least 4 members (excludes halogenated alkanes) is 2. The maximum Gasteiger partial charge on any atom is 0.0487 e. The molecule has 4 rings (SSSR count). The van der Waals surface area contributed by atoms with Crippen LogP contribution >= 0.6 is 0 Å². The molecule has 0 saturated carbocycles. The summed E-state index contributed by atoms with van der Waals surface area (Å²) in [6.45, 7) is 14.2. The van der Waals surface area contributed by atoms with Crippen LogP contribution < -0.4 is 0 Å². The second kappa shape index (κ2) is 11.3. The molecule has 0 N–H and O–H groups in total. The summed E-state index contributed by atoms with van der Waals surface area (Å²) in [4.78, 5) is 5.23. The molecule has 1 aliphatic rings. The Morgan fingerprint density at radius 1 is 0.812 bits per heavy atom. The Kier molecular flexibility index (Phi) is 7.97. The highest BCUT2D eigenvalue weighted by Crippen LogP contribution is 2.27. The summed E-state index contributed by atoms with van der Waals surface area (Å²) in [5.74, 6) is 0. The molecule has 1 aliphatic heterocycles. The van der Waals surface area contributed by atoms with Crippen molar-refractivity contribution in [1.29, 1.82) is 0 Å². The highest BCUT2D eigenvalue weighted by molar-refractivity contribution is 5.88. The number of para-hydroxylation sites is 1. The molecule has 3 aromatic rings. The summed E-state index contributed by atoms with van der Waals surface area (Å²) >= 11 is 0. The largest absolute Gasteiger partial charge is 0.341 e. The van der Waals surface area contributed by atoms with E-state index in [4.69, 9.17) is 0 Å². The fourth-order valence-electron chi connectivity index (χ4n) is 4.91. The molecular weight excluding hydrogens is 390 g/mol. The quantitative estimate of drug-likeness (QED) is 0.284. The number of piperazine rings is 1. The Morgan fingerprint density at radius 3 is 2.28 bits per heavy atom. The molecular formula is C29H37N3. The van der Waals surface area contributed by atoms with Crippen molar-refractivity contribution in [2.24, 2.45) is 0 Å². The van der Waals surface area contributed by atoms with Crippen LogP contribution in [0.5, 0.6) is 0 Å². The van der Waals surface area contributed by atoms with Crippen LogP contribution in [0, 0.1) is 6.92 Å². The summed E-state index contributed by atoms with van der Waals surface area (Å²) in [5, 5.41) is 1.37. The molecule has 2 aromatic carbocycles. The second-order valence-corrected chi connectivity index (χ2v) is 8.94. The van der Waals surface area contributed by atoms with Gasteiger partial charge in [-0.1, -0.05) is 73.7 Å². The minimum atomic E-state index is 1.08. The molecule has 2 heterocycles. The second-order valence-electron chi connectivity index (χ2n) is 8.94. The molecule has 1 saturated heterocycles. The smallest absolute Gasteiger partial charge is 0.0487 e. The Morgan fingerprint density at radius 2 is 1.50 bits per heavy atom. The topological polar surface area (TPSA) is 11.4 Å². The zero-order valence-corrected chi connectivity index (χ0v) is 19.5. The Labute approximate surface area is 193 Å². The van der Waals surface area contributed by atoms with Gasteiger partial charge >= 0.3 is 0 Å². The third kappa shape index (κ3) is 5.59. The Hall–Kier alpha value is -2.62. The van der Waals surface area contributed by atoms with Gasteiger partial charge in [0.15, 0.2) is 0 Å². The van der Waals surface area contributed by atoms with Crippen LogP contribution in [0.25, 0.3) is 17.0 Å². The Bertz CT molecular complexity index is 1020. The Balaban J connectivity index is 1.22. The lowest BCUT2D eigenvalue weighted by Crippen LogP contribution is -2.46. The number of allylic oxidation sites excluding steroid dienone is 2. The van der Waals surface area contributed by atoms with Gasteiger partial charge < -0.3 is 9.47 Å². The van der Waals surface area contributed by atoms with E-state index in [0.29, 0.717) is 0 Å². The minimum absolute atomic E-state index is 1.08. The van der Waals surface area contributed by atoms with E-state index >= 15 is 0 Å². The maximum atomic E-state index is 3.84. The SMILES string of the molecule is C=C/C=C\c1c(C)c2ccccc2n1CCCCCN1CCN(Cc2ccccc2)CC1. The zero-order valence-electron chi connectivity index (χ0n) is 19.5. The number of aryl methyl sites for hydroxylation is 2. The normalized spacial score (nSPS) is 15.7. The van der Waals surface area contributed by atoms with Crippen LogP contribution in [0.4, 0.5) is 0 Å². The van der Waals surface area contributed by atoms with Gasteiger partial charge in [0.05, 0.1) is 0 Å². The number of rotatable bonds is 10. The first-order valence-corrected chi connectivity index (χ1v) is 12.1. The molecule has 3 nitrogen and oxygen atoms in total. The predicted molar refractivity (Wildman–Crippen MR) is 138 cm³/mol. The molecule has 1 fully saturated rings. The van der Waals surface area contributed by atoms with Gasteiger partial charge in [-0.15, -0.1) is 0 Å². The van der Waals surface area contributed by atoms with E-state index in [9.17, 15) is 0 Å². The fraction of sp³-hybridized carbons (Fsp3) is 0.379. The fourth-order valence-corrected chi connectivity index (χ4v) is 4.91. The molecule has 168 valence electrons. The van der Waals surface area contributed by atoms with E-state index in [-0.39, 0.29) is 0 Å². The first kappa shape index (κ1) is 22.6. The minimum Gasteiger partial charge on any atom is -0.341 e. The molecule has 0 radical (unpaired) electrons. The van der Waals surface area contributed by atoms with Crippen molar-refractivity contribution in [3.63, 3.8) is 0 Å². The summed E-state index contributed by atoms with van der Waals surface area (Å²) in [7, 11) is 0. The maximum absolute atomic E-state index is 3.84. The van der Waals surface area contributed by atoms with Gasteiger partial charge in [-0.3, -0.25) is 4.90 Å². The van der Waals surface area contributed by atoms with Crippen molar-refractivity contribution < 1.29 is 0 Å². The summed E-state index contributed by atoms with van der Waals surface area (Å²) in [6, 6.07) is 19.6. The van der Waals surface area contributed by atoms with E-state index in [1.165, 1.54) is 79.7 Å². The monoisotopic (exact) mass is 427 g/mol. The van der Waals surface area contributed by atoms with Crippen LogP contribution in [0.3, 0.4) is 0 Å². The molecule has 32 heavy (non-hydrogen) atoms. The van der Waals surface area contributed by atoms with Crippen molar-refractivity contribution in [3.05, 3.63) is 90.1 Å². The third-order valence-electron chi connectivity index (χ3n) is 6.73. The molecule has 0 unspecified atom stereocenters. The summed E-state index contributed by atoms with van der Waals surface area (Å²) < 4.78 is 2.49. The van der Waals surface area contributed by atoms with E-state index in [1.54, 1.807) is 0 Å². The number of benzene rings is 2. The van der Waals surface area contributed by atoms with Gasteiger partial charge in [0, 0.05) is 55.9 Å². The summed E-state index contributed by atoms with van der Waals surface area (Å²) in [5.41, 5.74) is 5.46. The molecule has 0 spiro atoms. The lowest BCUT2D eigenvalue weighted by atomic mass is 10.1. The van der Waals surface area contributed by atoms with Crippen molar-refractivity contribution in [3.8, 4) is 0 Å². The standard InChI is InChI=1S/C29H37N3/c1-3-4-16-28-25(2)27-15-9-10-17-29(27)32(28)19-12-6-11-18-30-20-22-31(23-21-30)24-26-13-7-5-8-14-26/h3-5,7-10,13-17H,1,6,11-12,18-24H2,2H3/b16-4-. The van der Waals surface area contributed by atoms with Crippen LogP contribution in [-0.4, -0.2) is 47.1 Å². The summed E-state index contributed by atoms with van der Waals surface area (Å²) in [6.07, 6.45) is 9.91. The van der Waals surface area contributed by atoms with Crippen LogP contribution in [0.1, 0.15) is 36.1 Å². The number of fused-ring (bicyclic) bond motifs is 1. The van der Waals surface area contributed by atoms with Crippen molar-refractivity contribution in [1.82, 2.24) is 14.4 Å². The lowest BCUT2D eigenvalue weighted by Gasteiger charge is -2.34. The number of hydrogen-bond acceptors (Lipinski definition) is 2. The molecule has 1 aromatic heterocycles. The van der Waals surface area contributed by atoms with Crippen LogP contribution in [-0.2, 0) is 13.1 Å². The average Bonchev–Trinajstić information content (AvgIpc) is 3.10. The van der Waals surface area contributed by atoms with E-state index < -0.39 is 0 Å². The number of nitrogens with zero attached hydrogens (tertiary/aromatic N) is 3. The van der Waals surface area contributed by atoms with E-state index in [1.807, 2.05) is 6.08 Å². The van der Waals surface area contributed by atoms with Gasteiger partial charge in [-0.2, -0.15) is 0 Å². The lowest BCUT2D eigenvalue weighted by molar-refractivity contribution is 0.125. The average molecular weight is 428 g/mol. The van der Waals surface area contributed by atoms with Gasteiger partial charge in [0.1, 0.15) is 0 Å². The van der Waals surface area contributed by atoms with Gasteiger partial charge in [0.25, 0.3) is 0 Å². The molecule has 0 atom stereocenters. The molecule has 3 heteroatoms. The first-order valence-electron chi connectivity index (χ1n) is 12.1. The van der Waals surface area contributed by atoms with Gasteiger partial charge in [0.2, 0.25) is 0 Å². The third-order valence-corrected chi connectivity index (χ3v) is 6.73. The van der Waals surface area contributed by atoms with Crippen molar-refractivity contribution in [2.75, 3.05) is 32.7 Å². The van der Waals surface area contributed by atoms with Crippen molar-refractivity contribution >= 4 is 17.0 Å². The molecule has 0 aliphatic carbocycles. The first-order chi connectivity index (χ1) is 15.8. The van der Waals surface area contributed by atoms with Crippen LogP contribution in [0.15, 0.2) is 73.3 Å². The highest BCUT2D eigenvalue weighted by atomic mass is 15.3. The molecule has 0 amide bonds. The van der Waals surface area contributed by atoms with Gasteiger partial charge in [-0.05, 0) is 49.6 Å². The van der Waals surface area contributed by atoms with E-state index in [2.05, 4.69) is 94.6 Å². The van der Waals surface area contributed by atoms with Crippen molar-refractivity contribution in [2.45, 2.75) is 39.3 Å². The number of aromatic nitrogens is 1. The zero-order chi connectivity index (χ0) is 22.2. The highest BCUT2D eigenvalue weighted by Gasteiger charge is 2.16. The van der Waals surface area contributed by atoms with Crippen LogP contribution in [0.2, 0.25) is 0 Å².